The maximum Gasteiger partial charge on any atom is 0.295 e. The number of carbonyl (C=O) groups is 2. The van der Waals surface area contributed by atoms with Gasteiger partial charge in [-0.3, -0.25) is 9.59 Å². The molecule has 5 rings (SSSR count). The van der Waals surface area contributed by atoms with Crippen LogP contribution in [0.5, 0.6) is 0 Å². The Morgan fingerprint density at radius 1 is 1.06 bits per heavy atom. The number of hydrogen-bond acceptors (Lipinski definition) is 7. The fourth-order valence-corrected chi connectivity index (χ4v) is 4.72. The number of fused-ring (bicyclic) bond motifs is 1. The summed E-state index contributed by atoms with van der Waals surface area (Å²) in [6, 6.07) is 7.03. The SMILES string of the molecule is NS(=O)(=O)c1ccc(C(=O)C(=O)N2CCN(c3ncnc4[nH]ccc34)CC23CC3)cc1. The number of carbonyl (C=O) groups excluding carboxylic acids is 2. The van der Waals surface area contributed by atoms with E-state index in [-0.39, 0.29) is 16.0 Å². The molecule has 0 bridgehead atoms. The Bertz CT molecular complexity index is 1300. The molecule has 1 saturated carbocycles. The van der Waals surface area contributed by atoms with Crippen molar-refractivity contribution in [2.75, 3.05) is 24.5 Å². The zero-order chi connectivity index (χ0) is 21.8. The van der Waals surface area contributed by atoms with Crippen molar-refractivity contribution in [3.05, 3.63) is 48.4 Å². The first kappa shape index (κ1) is 19.6. The van der Waals surface area contributed by atoms with Gasteiger partial charge in [-0.15, -0.1) is 0 Å². The number of Topliss-reactive ketones (excluding diaryl/α,β-unsaturated/α-hetero) is 1. The van der Waals surface area contributed by atoms with Gasteiger partial charge in [0.1, 0.15) is 17.8 Å². The summed E-state index contributed by atoms with van der Waals surface area (Å²) in [7, 11) is -3.86. The molecule has 3 aromatic rings. The Morgan fingerprint density at radius 3 is 2.48 bits per heavy atom. The van der Waals surface area contributed by atoms with Gasteiger partial charge in [0, 0.05) is 31.4 Å². The van der Waals surface area contributed by atoms with Crippen LogP contribution in [0.1, 0.15) is 23.2 Å². The number of primary sulfonamides is 1. The zero-order valence-electron chi connectivity index (χ0n) is 16.5. The second-order valence-electron chi connectivity index (χ2n) is 7.94. The number of nitrogens with one attached hydrogen (secondary N) is 1. The van der Waals surface area contributed by atoms with Gasteiger partial charge < -0.3 is 14.8 Å². The van der Waals surface area contributed by atoms with E-state index in [1.54, 1.807) is 4.90 Å². The first-order valence-electron chi connectivity index (χ1n) is 9.81. The minimum absolute atomic E-state index is 0.107. The number of rotatable bonds is 4. The topological polar surface area (TPSA) is 142 Å². The summed E-state index contributed by atoms with van der Waals surface area (Å²) >= 11 is 0. The van der Waals surface area contributed by atoms with E-state index < -0.39 is 21.7 Å². The minimum atomic E-state index is -3.86. The van der Waals surface area contributed by atoms with Crippen molar-refractivity contribution in [3.63, 3.8) is 0 Å². The normalized spacial score (nSPS) is 17.8. The predicted molar refractivity (Wildman–Crippen MR) is 112 cm³/mol. The van der Waals surface area contributed by atoms with Gasteiger partial charge in [-0.2, -0.15) is 0 Å². The van der Waals surface area contributed by atoms with E-state index >= 15 is 0 Å². The molecule has 1 aliphatic carbocycles. The van der Waals surface area contributed by atoms with Crippen LogP contribution in [0.2, 0.25) is 0 Å². The first-order chi connectivity index (χ1) is 14.8. The van der Waals surface area contributed by atoms with E-state index in [9.17, 15) is 18.0 Å². The number of amides is 1. The zero-order valence-corrected chi connectivity index (χ0v) is 17.3. The van der Waals surface area contributed by atoms with E-state index in [0.29, 0.717) is 19.6 Å². The summed E-state index contributed by atoms with van der Waals surface area (Å²) in [6.07, 6.45) is 4.96. The van der Waals surface area contributed by atoms with Crippen LogP contribution < -0.4 is 10.0 Å². The van der Waals surface area contributed by atoms with Crippen molar-refractivity contribution in [1.29, 1.82) is 0 Å². The van der Waals surface area contributed by atoms with Crippen LogP contribution in [-0.4, -0.2) is 65.1 Å². The van der Waals surface area contributed by atoms with Crippen molar-refractivity contribution in [3.8, 4) is 0 Å². The van der Waals surface area contributed by atoms with Gasteiger partial charge >= 0.3 is 0 Å². The molecule has 1 aliphatic heterocycles. The van der Waals surface area contributed by atoms with Gasteiger partial charge in [-0.05, 0) is 43.2 Å². The highest BCUT2D eigenvalue weighted by Gasteiger charge is 2.54. The highest BCUT2D eigenvalue weighted by Crippen LogP contribution is 2.45. The van der Waals surface area contributed by atoms with Gasteiger partial charge in [0.25, 0.3) is 5.91 Å². The van der Waals surface area contributed by atoms with Crippen LogP contribution >= 0.6 is 0 Å². The Hall–Kier alpha value is -3.31. The summed E-state index contributed by atoms with van der Waals surface area (Å²) in [5.41, 5.74) is 0.506. The molecule has 2 aromatic heterocycles. The Labute approximate surface area is 178 Å². The second kappa shape index (κ2) is 6.86. The standard InChI is InChI=1S/C20H20N6O4S/c21-31(29,30)14-3-1-13(2-4-14)16(27)19(28)26-10-9-25(11-20(26)6-7-20)18-15-5-8-22-17(15)23-12-24-18/h1-5,8,12H,6-7,9-11H2,(H2,21,29,30)(H,22,23,24). The largest absolute Gasteiger partial charge is 0.352 e. The second-order valence-corrected chi connectivity index (χ2v) is 9.50. The van der Waals surface area contributed by atoms with Crippen LogP contribution in [0, 0.1) is 0 Å². The Balaban J connectivity index is 1.36. The molecule has 0 atom stereocenters. The summed E-state index contributed by atoms with van der Waals surface area (Å²) in [4.78, 5) is 41.3. The number of aromatic nitrogens is 3. The lowest BCUT2D eigenvalue weighted by molar-refractivity contribution is -0.130. The van der Waals surface area contributed by atoms with Gasteiger partial charge in [-0.25, -0.2) is 23.5 Å². The Kier molecular flexibility index (Phi) is 4.34. The molecule has 0 unspecified atom stereocenters. The third kappa shape index (κ3) is 3.35. The first-order valence-corrected chi connectivity index (χ1v) is 11.4. The monoisotopic (exact) mass is 440 g/mol. The van der Waals surface area contributed by atoms with Crippen LogP contribution in [0.3, 0.4) is 0 Å². The number of hydrogen-bond donors (Lipinski definition) is 2. The number of anilines is 1. The van der Waals surface area contributed by atoms with Crippen LogP contribution in [0.4, 0.5) is 5.82 Å². The smallest absolute Gasteiger partial charge is 0.295 e. The van der Waals surface area contributed by atoms with E-state index in [2.05, 4.69) is 19.9 Å². The molecule has 2 fully saturated rings. The molecule has 3 heterocycles. The highest BCUT2D eigenvalue weighted by molar-refractivity contribution is 7.89. The van der Waals surface area contributed by atoms with Crippen molar-refractivity contribution in [2.45, 2.75) is 23.3 Å². The van der Waals surface area contributed by atoms with Gasteiger partial charge in [0.2, 0.25) is 15.8 Å². The van der Waals surface area contributed by atoms with Gasteiger partial charge in [0.15, 0.2) is 0 Å². The molecular weight excluding hydrogens is 420 g/mol. The fourth-order valence-electron chi connectivity index (χ4n) is 4.20. The van der Waals surface area contributed by atoms with E-state index in [4.69, 9.17) is 5.14 Å². The summed E-state index contributed by atoms with van der Waals surface area (Å²) in [5.74, 6) is -0.416. The van der Waals surface area contributed by atoms with Crippen LogP contribution in [0.15, 0.2) is 47.8 Å². The number of benzene rings is 1. The average molecular weight is 440 g/mol. The predicted octanol–water partition coefficient (Wildman–Crippen LogP) is 0.669. The molecular formula is C20H20N6O4S. The van der Waals surface area contributed by atoms with Gasteiger partial charge in [-0.1, -0.05) is 0 Å². The number of H-pyrrole nitrogens is 1. The van der Waals surface area contributed by atoms with E-state index in [0.717, 1.165) is 29.7 Å². The van der Waals surface area contributed by atoms with E-state index in [1.165, 1.54) is 30.6 Å². The molecule has 1 aromatic carbocycles. The molecule has 1 saturated heterocycles. The van der Waals surface area contributed by atoms with Crippen molar-refractivity contribution < 1.29 is 18.0 Å². The van der Waals surface area contributed by atoms with Crippen molar-refractivity contribution in [2.24, 2.45) is 5.14 Å². The van der Waals surface area contributed by atoms with Gasteiger partial charge in [0.05, 0.1) is 15.8 Å². The third-order valence-corrected chi connectivity index (χ3v) is 6.92. The van der Waals surface area contributed by atoms with Crippen LogP contribution in [-0.2, 0) is 14.8 Å². The molecule has 31 heavy (non-hydrogen) atoms. The lowest BCUT2D eigenvalue weighted by Crippen LogP contribution is -2.58. The molecule has 1 spiro atoms. The van der Waals surface area contributed by atoms with Crippen molar-refractivity contribution in [1.82, 2.24) is 19.9 Å². The summed E-state index contributed by atoms with van der Waals surface area (Å²) < 4.78 is 22.8. The highest BCUT2D eigenvalue weighted by atomic mass is 32.2. The number of nitrogens with two attached hydrogens (primary N) is 1. The lowest BCUT2D eigenvalue weighted by atomic mass is 10.1. The lowest BCUT2D eigenvalue weighted by Gasteiger charge is -2.42. The quantitative estimate of drug-likeness (QED) is 0.448. The molecule has 11 heteroatoms. The summed E-state index contributed by atoms with van der Waals surface area (Å²) in [5, 5.41) is 6.01. The molecule has 160 valence electrons. The molecule has 10 nitrogen and oxygen atoms in total. The fraction of sp³-hybridized carbons (Fsp3) is 0.300. The molecule has 0 radical (unpaired) electrons. The molecule has 2 aliphatic rings. The maximum absolute atomic E-state index is 13.0. The van der Waals surface area contributed by atoms with Crippen molar-refractivity contribution >= 4 is 38.6 Å². The number of ketones is 1. The average Bonchev–Trinajstić information content (AvgIpc) is 3.33. The molecule has 1 amide bonds. The van der Waals surface area contributed by atoms with Crippen LogP contribution in [0.25, 0.3) is 11.0 Å². The Morgan fingerprint density at radius 2 is 1.81 bits per heavy atom. The third-order valence-electron chi connectivity index (χ3n) is 6.00. The molecule has 3 N–H and O–H groups in total. The number of piperazine rings is 1. The number of nitrogens with zero attached hydrogens (tertiary/aromatic N) is 4. The number of aromatic amines is 1. The summed E-state index contributed by atoms with van der Waals surface area (Å²) in [6.45, 7) is 1.53. The maximum atomic E-state index is 13.0. The minimum Gasteiger partial charge on any atom is -0.352 e. The number of sulfonamides is 1. The van der Waals surface area contributed by atoms with E-state index in [1.807, 2.05) is 12.3 Å².